The summed E-state index contributed by atoms with van der Waals surface area (Å²) in [5.41, 5.74) is 0.963. The van der Waals surface area contributed by atoms with Crippen molar-refractivity contribution in [3.8, 4) is 0 Å². The lowest BCUT2D eigenvalue weighted by atomic mass is 10.1. The van der Waals surface area contributed by atoms with Crippen molar-refractivity contribution in [1.82, 2.24) is 24.8 Å². The molecule has 10 heteroatoms. The van der Waals surface area contributed by atoms with Crippen molar-refractivity contribution in [1.29, 1.82) is 0 Å². The molecule has 4 rings (SSSR count). The van der Waals surface area contributed by atoms with Crippen molar-refractivity contribution < 1.29 is 19.0 Å². The van der Waals surface area contributed by atoms with Gasteiger partial charge in [-0.05, 0) is 13.8 Å². The van der Waals surface area contributed by atoms with Crippen LogP contribution in [0.1, 0.15) is 20.1 Å². The third-order valence-electron chi connectivity index (χ3n) is 4.12. The number of carbonyl (C=O) groups excluding carboxylic acids is 1. The number of carbonyl (C=O) groups is 1. The maximum absolute atomic E-state index is 12.2. The molecule has 2 aromatic heterocycles. The average Bonchev–Trinajstić information content (AvgIpc) is 3.18. The first-order chi connectivity index (χ1) is 11.4. The molecular weight excluding hydrogens is 338 g/mol. The number of fused-ring (bicyclic) bond motifs is 2. The van der Waals surface area contributed by atoms with Gasteiger partial charge in [-0.3, -0.25) is 9.36 Å². The van der Waals surface area contributed by atoms with E-state index >= 15 is 0 Å². The van der Waals surface area contributed by atoms with Crippen LogP contribution in [0.2, 0.25) is 5.15 Å². The van der Waals surface area contributed by atoms with E-state index < -0.39 is 30.3 Å². The molecule has 0 bridgehead atoms. The number of nitrogens with zero attached hydrogens (tertiary/aromatic N) is 4. The second kappa shape index (κ2) is 5.35. The molecule has 9 nitrogen and oxygen atoms in total. The summed E-state index contributed by atoms with van der Waals surface area (Å²) in [6.07, 6.45) is 0.486. The van der Waals surface area contributed by atoms with E-state index in [1.807, 2.05) is 0 Å². The minimum absolute atomic E-state index is 0.250. The maximum atomic E-state index is 12.2. The zero-order valence-corrected chi connectivity index (χ0v) is 14.0. The zero-order chi connectivity index (χ0) is 17.1. The van der Waals surface area contributed by atoms with Crippen molar-refractivity contribution in [2.75, 3.05) is 7.05 Å². The molecular formula is C14H16ClN5O4. The number of aromatic nitrogens is 4. The highest BCUT2D eigenvalue weighted by atomic mass is 35.5. The van der Waals surface area contributed by atoms with Gasteiger partial charge in [-0.2, -0.15) is 0 Å². The zero-order valence-electron chi connectivity index (χ0n) is 13.3. The molecule has 0 saturated carbocycles. The summed E-state index contributed by atoms with van der Waals surface area (Å²) in [6.45, 7) is 3.60. The van der Waals surface area contributed by atoms with Gasteiger partial charge in [0.05, 0.1) is 6.33 Å². The Morgan fingerprint density at radius 3 is 2.79 bits per heavy atom. The van der Waals surface area contributed by atoms with E-state index in [0.29, 0.717) is 11.2 Å². The fraction of sp³-hybridized carbons (Fsp3) is 0.571. The fourth-order valence-electron chi connectivity index (χ4n) is 3.16. The van der Waals surface area contributed by atoms with Crippen LogP contribution in [-0.4, -0.2) is 56.6 Å². The van der Waals surface area contributed by atoms with Gasteiger partial charge in [-0.15, -0.1) is 0 Å². The molecule has 2 aliphatic heterocycles. The maximum Gasteiger partial charge on any atom is 0.251 e. The second-order valence-electron chi connectivity index (χ2n) is 6.11. The Morgan fingerprint density at radius 2 is 2.04 bits per heavy atom. The Balaban J connectivity index is 1.77. The summed E-state index contributed by atoms with van der Waals surface area (Å²) in [5, 5.41) is 2.84. The minimum atomic E-state index is -0.813. The van der Waals surface area contributed by atoms with Gasteiger partial charge in [-0.1, -0.05) is 11.6 Å². The second-order valence-corrected chi connectivity index (χ2v) is 6.47. The van der Waals surface area contributed by atoms with Gasteiger partial charge in [-0.25, -0.2) is 15.0 Å². The molecule has 4 atom stereocenters. The average molecular weight is 354 g/mol. The summed E-state index contributed by atoms with van der Waals surface area (Å²) in [5.74, 6) is -1.09. The lowest BCUT2D eigenvalue weighted by molar-refractivity contribution is -0.197. The van der Waals surface area contributed by atoms with Crippen molar-refractivity contribution in [2.45, 2.75) is 44.2 Å². The molecule has 2 aromatic rings. The van der Waals surface area contributed by atoms with E-state index in [1.54, 1.807) is 31.8 Å². The number of hydrogen-bond donors (Lipinski definition) is 1. The highest BCUT2D eigenvalue weighted by molar-refractivity contribution is 6.33. The molecule has 2 saturated heterocycles. The van der Waals surface area contributed by atoms with Crippen molar-refractivity contribution in [2.24, 2.45) is 0 Å². The van der Waals surface area contributed by atoms with Crippen LogP contribution in [0.4, 0.5) is 0 Å². The van der Waals surface area contributed by atoms with Crippen LogP contribution in [0.25, 0.3) is 11.2 Å². The number of ether oxygens (including phenoxy) is 3. The number of hydrogen-bond acceptors (Lipinski definition) is 7. The number of rotatable bonds is 2. The smallest absolute Gasteiger partial charge is 0.251 e. The van der Waals surface area contributed by atoms with E-state index in [4.69, 9.17) is 25.8 Å². The summed E-state index contributed by atoms with van der Waals surface area (Å²) in [4.78, 5) is 24.5. The summed E-state index contributed by atoms with van der Waals surface area (Å²) >= 11 is 6.05. The van der Waals surface area contributed by atoms with Crippen LogP contribution in [0.5, 0.6) is 0 Å². The molecule has 1 amide bonds. The topological polar surface area (TPSA) is 100 Å². The van der Waals surface area contributed by atoms with Crippen LogP contribution in [-0.2, 0) is 19.0 Å². The molecule has 2 aliphatic rings. The number of amides is 1. The van der Waals surface area contributed by atoms with Gasteiger partial charge in [0.15, 0.2) is 28.9 Å². The van der Waals surface area contributed by atoms with Crippen LogP contribution in [0.15, 0.2) is 12.7 Å². The van der Waals surface area contributed by atoms with E-state index in [0.717, 1.165) is 0 Å². The molecule has 1 N–H and O–H groups in total. The molecule has 0 radical (unpaired) electrons. The molecule has 0 aliphatic carbocycles. The van der Waals surface area contributed by atoms with Crippen LogP contribution in [0.3, 0.4) is 0 Å². The molecule has 4 heterocycles. The van der Waals surface area contributed by atoms with Gasteiger partial charge in [0.2, 0.25) is 0 Å². The van der Waals surface area contributed by atoms with Gasteiger partial charge in [0.1, 0.15) is 24.1 Å². The third-order valence-corrected chi connectivity index (χ3v) is 4.40. The van der Waals surface area contributed by atoms with Crippen molar-refractivity contribution in [3.63, 3.8) is 0 Å². The Labute approximate surface area is 142 Å². The molecule has 24 heavy (non-hydrogen) atoms. The third kappa shape index (κ3) is 2.27. The summed E-state index contributed by atoms with van der Waals surface area (Å²) in [6, 6.07) is 0. The van der Waals surface area contributed by atoms with Crippen molar-refractivity contribution in [3.05, 3.63) is 17.8 Å². The summed E-state index contributed by atoms with van der Waals surface area (Å²) in [7, 11) is 1.55. The standard InChI is InChI=1S/C14H16ClN5O4/c1-14(2)23-7-8(12(21)16-3)22-13(9(7)24-14)20-5-19-6-10(15)17-4-18-11(6)20/h4-5,7-9,13H,1-3H3,(H,16,21)/t7-,8?,9+,13?/m0/s1. The number of nitrogens with one attached hydrogen (secondary N) is 1. The molecule has 0 spiro atoms. The van der Waals surface area contributed by atoms with E-state index in [9.17, 15) is 4.79 Å². The van der Waals surface area contributed by atoms with Gasteiger partial charge >= 0.3 is 0 Å². The largest absolute Gasteiger partial charge is 0.357 e. The Hall–Kier alpha value is -1.81. The van der Waals surface area contributed by atoms with Gasteiger partial charge in [0, 0.05) is 7.05 Å². The SMILES string of the molecule is CNC(=O)C1OC(n2cnc3c(Cl)ncnc32)[C@@H]2OC(C)(C)O[C@@H]12. The first-order valence-corrected chi connectivity index (χ1v) is 7.85. The predicted octanol–water partition coefficient (Wildman–Crippen LogP) is 0.643. The highest BCUT2D eigenvalue weighted by Gasteiger charge is 2.58. The molecule has 2 unspecified atom stereocenters. The van der Waals surface area contributed by atoms with Crippen LogP contribution >= 0.6 is 11.6 Å². The number of imidazole rings is 1. The molecule has 0 aromatic carbocycles. The monoisotopic (exact) mass is 353 g/mol. The number of likely N-dealkylation sites (N-methyl/N-ethyl adjacent to an activating group) is 1. The highest BCUT2D eigenvalue weighted by Crippen LogP contribution is 2.43. The first kappa shape index (κ1) is 15.7. The predicted molar refractivity (Wildman–Crippen MR) is 82.1 cm³/mol. The van der Waals surface area contributed by atoms with E-state index in [1.165, 1.54) is 6.33 Å². The van der Waals surface area contributed by atoms with Gasteiger partial charge in [0.25, 0.3) is 5.91 Å². The Morgan fingerprint density at radius 1 is 1.29 bits per heavy atom. The molecule has 2 fully saturated rings. The lowest BCUT2D eigenvalue weighted by Crippen LogP contribution is -2.41. The quantitative estimate of drug-likeness (QED) is 0.791. The van der Waals surface area contributed by atoms with Crippen LogP contribution in [0, 0.1) is 0 Å². The number of halogens is 1. The summed E-state index contributed by atoms with van der Waals surface area (Å²) < 4.78 is 19.4. The Kier molecular flexibility index (Phi) is 3.50. The lowest BCUT2D eigenvalue weighted by Gasteiger charge is -2.24. The minimum Gasteiger partial charge on any atom is -0.357 e. The van der Waals surface area contributed by atoms with E-state index in [-0.39, 0.29) is 11.1 Å². The van der Waals surface area contributed by atoms with Crippen molar-refractivity contribution >= 4 is 28.7 Å². The van der Waals surface area contributed by atoms with Crippen LogP contribution < -0.4 is 5.32 Å². The fourth-order valence-corrected chi connectivity index (χ4v) is 3.34. The Bertz CT molecular complexity index is 810. The molecule has 128 valence electrons. The van der Waals surface area contributed by atoms with E-state index in [2.05, 4.69) is 20.3 Å². The first-order valence-electron chi connectivity index (χ1n) is 7.47. The normalized spacial score (nSPS) is 31.3. The van der Waals surface area contributed by atoms with Gasteiger partial charge < -0.3 is 19.5 Å².